The number of benzene rings is 1. The number of hydrogen-bond donors (Lipinski definition) is 2. The first-order valence-electron chi connectivity index (χ1n) is 9.58. The third kappa shape index (κ3) is 9.04. The van der Waals surface area contributed by atoms with E-state index in [0.29, 0.717) is 25.1 Å². The van der Waals surface area contributed by atoms with Crippen LogP contribution in [0.1, 0.15) is 24.5 Å². The lowest BCUT2D eigenvalue weighted by Gasteiger charge is -2.21. The molecule has 10 heteroatoms. The number of alkyl halides is 3. The van der Waals surface area contributed by atoms with Crippen molar-refractivity contribution in [2.45, 2.75) is 26.1 Å². The third-order valence-corrected chi connectivity index (χ3v) is 4.66. The van der Waals surface area contributed by atoms with Crippen LogP contribution < -0.4 is 10.6 Å². The van der Waals surface area contributed by atoms with Gasteiger partial charge in [-0.05, 0) is 51.2 Å². The second-order valence-corrected chi connectivity index (χ2v) is 6.92. The van der Waals surface area contributed by atoms with Gasteiger partial charge >= 0.3 is 6.18 Å². The lowest BCUT2D eigenvalue weighted by Crippen LogP contribution is -2.42. The van der Waals surface area contributed by atoms with Gasteiger partial charge in [0.05, 0.1) is 12.1 Å². The van der Waals surface area contributed by atoms with Crippen LogP contribution >= 0.6 is 24.0 Å². The Kier molecular flexibility index (Phi) is 11.2. The van der Waals surface area contributed by atoms with Crippen LogP contribution in [-0.4, -0.2) is 68.6 Å². The first kappa shape index (κ1) is 25.9. The fourth-order valence-corrected chi connectivity index (χ4v) is 3.11. The van der Waals surface area contributed by atoms with Crippen LogP contribution in [0.4, 0.5) is 17.6 Å². The van der Waals surface area contributed by atoms with Crippen LogP contribution in [0.25, 0.3) is 0 Å². The summed E-state index contributed by atoms with van der Waals surface area (Å²) in [4.78, 5) is 8.91. The van der Waals surface area contributed by atoms with Gasteiger partial charge in [0, 0.05) is 32.7 Å². The summed E-state index contributed by atoms with van der Waals surface area (Å²) in [6, 6.07) is 2.68. The maximum atomic E-state index is 13.2. The largest absolute Gasteiger partial charge is 0.416 e. The van der Waals surface area contributed by atoms with E-state index in [2.05, 4.69) is 32.5 Å². The summed E-state index contributed by atoms with van der Waals surface area (Å²) in [5.74, 6) is -0.458. The highest BCUT2D eigenvalue weighted by atomic mass is 127. The highest BCUT2D eigenvalue weighted by molar-refractivity contribution is 14.0. The minimum atomic E-state index is -4.61. The van der Waals surface area contributed by atoms with Crippen LogP contribution in [0, 0.1) is 5.82 Å². The quantitative estimate of drug-likeness (QED) is 0.256. The predicted octanol–water partition coefficient (Wildman–Crippen LogP) is 3.16. The second-order valence-electron chi connectivity index (χ2n) is 6.92. The van der Waals surface area contributed by atoms with Crippen LogP contribution in [0.5, 0.6) is 0 Å². The van der Waals surface area contributed by atoms with E-state index < -0.39 is 17.6 Å². The summed E-state index contributed by atoms with van der Waals surface area (Å²) in [6.07, 6.45) is -3.49. The second kappa shape index (κ2) is 12.5. The molecule has 1 heterocycles. The van der Waals surface area contributed by atoms with Gasteiger partial charge in [0.25, 0.3) is 0 Å². The first-order valence-corrected chi connectivity index (χ1v) is 9.58. The molecular formula is C19H30F4IN5. The van der Waals surface area contributed by atoms with Crippen molar-refractivity contribution in [1.82, 2.24) is 20.4 Å². The fourth-order valence-electron chi connectivity index (χ4n) is 3.11. The van der Waals surface area contributed by atoms with Crippen LogP contribution in [0.3, 0.4) is 0 Å². The lowest BCUT2D eigenvalue weighted by atomic mass is 10.1. The van der Waals surface area contributed by atoms with Crippen LogP contribution in [0.15, 0.2) is 23.2 Å². The van der Waals surface area contributed by atoms with Gasteiger partial charge < -0.3 is 20.4 Å². The third-order valence-electron chi connectivity index (χ3n) is 4.66. The van der Waals surface area contributed by atoms with Crippen molar-refractivity contribution >= 4 is 29.9 Å². The summed E-state index contributed by atoms with van der Waals surface area (Å²) in [5.41, 5.74) is -1.04. The minimum Gasteiger partial charge on any atom is -0.357 e. The molecular weight excluding hydrogens is 501 g/mol. The van der Waals surface area contributed by atoms with E-state index >= 15 is 0 Å². The van der Waals surface area contributed by atoms with Gasteiger partial charge in [0.1, 0.15) is 5.82 Å². The molecule has 1 aliphatic rings. The number of nitrogens with one attached hydrogen (secondary N) is 2. The molecule has 0 aliphatic carbocycles. The number of likely N-dealkylation sites (N-methyl/N-ethyl adjacent to an activating group) is 1. The van der Waals surface area contributed by atoms with Gasteiger partial charge in [-0.3, -0.25) is 0 Å². The summed E-state index contributed by atoms with van der Waals surface area (Å²) in [6.45, 7) is 7.93. The van der Waals surface area contributed by atoms with Gasteiger partial charge in [0.15, 0.2) is 5.96 Å². The van der Waals surface area contributed by atoms with Gasteiger partial charge in [-0.1, -0.05) is 6.07 Å². The first-order chi connectivity index (χ1) is 13.3. The topological polar surface area (TPSA) is 42.9 Å². The van der Waals surface area contributed by atoms with E-state index in [4.69, 9.17) is 0 Å². The smallest absolute Gasteiger partial charge is 0.357 e. The number of nitrogens with zero attached hydrogens (tertiary/aromatic N) is 3. The van der Waals surface area contributed by atoms with Gasteiger partial charge in [-0.2, -0.15) is 13.2 Å². The van der Waals surface area contributed by atoms with Crippen molar-refractivity contribution in [2.24, 2.45) is 4.99 Å². The maximum absolute atomic E-state index is 13.2. The average Bonchev–Trinajstić information content (AvgIpc) is 2.84. The van der Waals surface area contributed by atoms with Crippen LogP contribution in [0.2, 0.25) is 0 Å². The number of hydrogen-bond acceptors (Lipinski definition) is 3. The van der Waals surface area contributed by atoms with Crippen molar-refractivity contribution < 1.29 is 17.6 Å². The van der Waals surface area contributed by atoms with Crippen molar-refractivity contribution in [1.29, 1.82) is 0 Å². The normalized spacial score (nSPS) is 16.8. The summed E-state index contributed by atoms with van der Waals surface area (Å²) in [5, 5.41) is 6.20. The summed E-state index contributed by atoms with van der Waals surface area (Å²) in [7, 11) is 2.11. The molecule has 29 heavy (non-hydrogen) atoms. The van der Waals surface area contributed by atoms with Crippen molar-refractivity contribution in [3.8, 4) is 0 Å². The molecule has 2 rings (SSSR count). The highest BCUT2D eigenvalue weighted by Crippen LogP contribution is 2.32. The molecule has 1 aromatic carbocycles. The Bertz CT molecular complexity index is 654. The highest BCUT2D eigenvalue weighted by Gasteiger charge is 2.33. The molecule has 0 radical (unpaired) electrons. The molecule has 1 fully saturated rings. The molecule has 0 saturated carbocycles. The summed E-state index contributed by atoms with van der Waals surface area (Å²) < 4.78 is 52.6. The molecule has 2 N–H and O–H groups in total. The molecule has 0 aromatic heterocycles. The zero-order valence-corrected chi connectivity index (χ0v) is 19.2. The maximum Gasteiger partial charge on any atom is 0.416 e. The van der Waals surface area contributed by atoms with Gasteiger partial charge in [-0.15, -0.1) is 24.0 Å². The van der Waals surface area contributed by atoms with Crippen molar-refractivity contribution in [3.05, 3.63) is 35.1 Å². The fraction of sp³-hybridized carbons (Fsp3) is 0.632. The lowest BCUT2D eigenvalue weighted by molar-refractivity contribution is -0.138. The van der Waals surface area contributed by atoms with E-state index in [0.717, 1.165) is 51.3 Å². The molecule has 0 amide bonds. The van der Waals surface area contributed by atoms with Crippen LogP contribution in [-0.2, 0) is 12.7 Å². The Morgan fingerprint density at radius 1 is 1.14 bits per heavy atom. The minimum absolute atomic E-state index is 0. The standard InChI is InChI=1S/C19H29F4N5.HI/c1-3-24-18(25-7-10-28-9-4-8-27(2)11-12-28)26-14-15-5-6-16(20)13-17(15)19(21,22)23;/h5-6,13H,3-4,7-12,14H2,1-2H3,(H2,24,25,26);1H. The Hall–Kier alpha value is -1.14. The Morgan fingerprint density at radius 3 is 2.59 bits per heavy atom. The van der Waals surface area contributed by atoms with Gasteiger partial charge in [0.2, 0.25) is 0 Å². The molecule has 0 spiro atoms. The van der Waals surface area contributed by atoms with E-state index in [9.17, 15) is 17.6 Å². The zero-order valence-electron chi connectivity index (χ0n) is 16.9. The van der Waals surface area contributed by atoms with E-state index in [1.54, 1.807) is 0 Å². The number of aliphatic imine (C=N–C) groups is 1. The molecule has 0 atom stereocenters. The molecule has 1 aromatic rings. The molecule has 0 bridgehead atoms. The van der Waals surface area contributed by atoms with E-state index in [-0.39, 0.29) is 36.1 Å². The Morgan fingerprint density at radius 2 is 1.90 bits per heavy atom. The SMILES string of the molecule is CCNC(=NCc1ccc(F)cc1C(F)(F)F)NCCN1CCCN(C)CC1.I. The average molecular weight is 531 g/mol. The monoisotopic (exact) mass is 531 g/mol. The Balaban J connectivity index is 0.00000420. The molecule has 166 valence electrons. The van der Waals surface area contributed by atoms with E-state index in [1.807, 2.05) is 6.92 Å². The Labute approximate surface area is 186 Å². The predicted molar refractivity (Wildman–Crippen MR) is 118 cm³/mol. The van der Waals surface area contributed by atoms with E-state index in [1.165, 1.54) is 0 Å². The number of guanidine groups is 1. The van der Waals surface area contributed by atoms with Gasteiger partial charge in [-0.25, -0.2) is 9.38 Å². The number of rotatable bonds is 6. The summed E-state index contributed by atoms with van der Waals surface area (Å²) >= 11 is 0. The molecule has 1 saturated heterocycles. The molecule has 0 unspecified atom stereocenters. The zero-order chi connectivity index (χ0) is 20.6. The molecule has 1 aliphatic heterocycles. The van der Waals surface area contributed by atoms with Crippen molar-refractivity contribution in [3.63, 3.8) is 0 Å². The molecule has 5 nitrogen and oxygen atoms in total. The number of halogens is 5. The van der Waals surface area contributed by atoms with Crippen molar-refractivity contribution in [2.75, 3.05) is 52.9 Å².